The highest BCUT2D eigenvalue weighted by Gasteiger charge is 2.33. The predicted molar refractivity (Wildman–Crippen MR) is 127 cm³/mol. The molecule has 2 aromatic carbocycles. The number of ether oxygens (including phenoxy) is 2. The van der Waals surface area contributed by atoms with Crippen molar-refractivity contribution < 1.29 is 19.1 Å². The minimum absolute atomic E-state index is 0.0750. The van der Waals surface area contributed by atoms with Crippen molar-refractivity contribution in [3.63, 3.8) is 0 Å². The highest BCUT2D eigenvalue weighted by Crippen LogP contribution is 2.30. The van der Waals surface area contributed by atoms with E-state index in [4.69, 9.17) is 9.47 Å². The van der Waals surface area contributed by atoms with Gasteiger partial charge in [0.05, 0.1) is 18.9 Å². The normalized spacial score (nSPS) is 19.2. The van der Waals surface area contributed by atoms with Crippen molar-refractivity contribution in [2.45, 2.75) is 45.1 Å². The van der Waals surface area contributed by atoms with Crippen LogP contribution >= 0.6 is 0 Å². The van der Waals surface area contributed by atoms with Gasteiger partial charge in [-0.1, -0.05) is 42.5 Å². The van der Waals surface area contributed by atoms with E-state index in [-0.39, 0.29) is 23.8 Å². The van der Waals surface area contributed by atoms with Crippen LogP contribution in [0.25, 0.3) is 0 Å². The van der Waals surface area contributed by atoms with Crippen LogP contribution in [0, 0.1) is 5.92 Å². The number of rotatable bonds is 7. The third-order valence-electron chi connectivity index (χ3n) is 6.52. The number of carbonyl (C=O) groups is 2. The smallest absolute Gasteiger partial charge is 0.227 e. The number of carbonyl (C=O) groups excluding carboxylic acids is 2. The standard InChI is InChI=1S/C27H34N2O4/c1-2-32-24-12-6-7-13-25(24)33-23-14-17-28(18-15-23)27(31)22-11-8-16-29(20-22)26(30)19-21-9-4-3-5-10-21/h3-7,9-10,12-13,22-23H,2,8,11,14-20H2,1H3. The van der Waals surface area contributed by atoms with Gasteiger partial charge in [-0.25, -0.2) is 0 Å². The zero-order valence-corrected chi connectivity index (χ0v) is 19.4. The summed E-state index contributed by atoms with van der Waals surface area (Å²) in [4.78, 5) is 29.8. The molecule has 0 radical (unpaired) electrons. The largest absolute Gasteiger partial charge is 0.490 e. The first kappa shape index (κ1) is 23.1. The molecule has 2 heterocycles. The van der Waals surface area contributed by atoms with E-state index >= 15 is 0 Å². The Bertz CT molecular complexity index is 925. The fourth-order valence-corrected chi connectivity index (χ4v) is 4.74. The van der Waals surface area contributed by atoms with Gasteiger partial charge in [0.1, 0.15) is 6.10 Å². The van der Waals surface area contributed by atoms with Gasteiger partial charge in [0.2, 0.25) is 11.8 Å². The zero-order valence-electron chi connectivity index (χ0n) is 19.4. The Morgan fingerprint density at radius 2 is 1.58 bits per heavy atom. The van der Waals surface area contributed by atoms with Crippen LogP contribution < -0.4 is 9.47 Å². The Kier molecular flexibility index (Phi) is 7.87. The SMILES string of the molecule is CCOc1ccccc1OC1CCN(C(=O)C2CCCN(C(=O)Cc3ccccc3)C2)CC1. The molecule has 33 heavy (non-hydrogen) atoms. The summed E-state index contributed by atoms with van der Waals surface area (Å²) in [6.07, 6.45) is 3.81. The van der Waals surface area contributed by atoms with Gasteiger partial charge < -0.3 is 19.3 Å². The second-order valence-electron chi connectivity index (χ2n) is 8.86. The van der Waals surface area contributed by atoms with Gasteiger partial charge in [-0.05, 0) is 37.5 Å². The van der Waals surface area contributed by atoms with E-state index < -0.39 is 0 Å². The number of hydrogen-bond acceptors (Lipinski definition) is 4. The number of nitrogens with zero attached hydrogens (tertiary/aromatic N) is 2. The number of likely N-dealkylation sites (tertiary alicyclic amines) is 2. The first-order valence-electron chi connectivity index (χ1n) is 12.1. The topological polar surface area (TPSA) is 59.1 Å². The molecule has 2 aliphatic rings. The second-order valence-corrected chi connectivity index (χ2v) is 8.86. The molecule has 2 amide bonds. The number of benzene rings is 2. The Morgan fingerprint density at radius 3 is 2.30 bits per heavy atom. The van der Waals surface area contributed by atoms with E-state index in [1.165, 1.54) is 0 Å². The lowest BCUT2D eigenvalue weighted by molar-refractivity contribution is -0.142. The average molecular weight is 451 g/mol. The lowest BCUT2D eigenvalue weighted by atomic mass is 9.94. The van der Waals surface area contributed by atoms with Crippen LogP contribution in [0.2, 0.25) is 0 Å². The van der Waals surface area contributed by atoms with Crippen molar-refractivity contribution in [1.82, 2.24) is 9.80 Å². The predicted octanol–water partition coefficient (Wildman–Crippen LogP) is 3.94. The van der Waals surface area contributed by atoms with Crippen molar-refractivity contribution in [3.05, 3.63) is 60.2 Å². The number of hydrogen-bond donors (Lipinski definition) is 0. The van der Waals surface area contributed by atoms with Gasteiger partial charge in [0, 0.05) is 39.0 Å². The molecule has 6 nitrogen and oxygen atoms in total. The molecule has 0 saturated carbocycles. The van der Waals surface area contributed by atoms with Crippen LogP contribution in [0.15, 0.2) is 54.6 Å². The Morgan fingerprint density at radius 1 is 0.879 bits per heavy atom. The summed E-state index contributed by atoms with van der Waals surface area (Å²) in [6, 6.07) is 17.6. The Hall–Kier alpha value is -3.02. The molecular weight excluding hydrogens is 416 g/mol. The molecule has 2 aliphatic heterocycles. The van der Waals surface area contributed by atoms with Crippen LogP contribution in [0.4, 0.5) is 0 Å². The lowest BCUT2D eigenvalue weighted by Gasteiger charge is -2.38. The summed E-state index contributed by atoms with van der Waals surface area (Å²) in [5.74, 6) is 1.72. The van der Waals surface area contributed by atoms with Crippen molar-refractivity contribution in [3.8, 4) is 11.5 Å². The molecule has 6 heteroatoms. The molecule has 0 spiro atoms. The molecule has 176 valence electrons. The summed E-state index contributed by atoms with van der Waals surface area (Å²) in [6.45, 7) is 5.21. The van der Waals surface area contributed by atoms with Crippen LogP contribution in [-0.2, 0) is 16.0 Å². The van der Waals surface area contributed by atoms with Crippen molar-refractivity contribution >= 4 is 11.8 Å². The van der Waals surface area contributed by atoms with Crippen LogP contribution in [-0.4, -0.2) is 60.5 Å². The molecule has 2 aromatic rings. The van der Waals surface area contributed by atoms with E-state index in [9.17, 15) is 9.59 Å². The third-order valence-corrected chi connectivity index (χ3v) is 6.52. The molecule has 0 aliphatic carbocycles. The molecular formula is C27H34N2O4. The monoisotopic (exact) mass is 450 g/mol. The van der Waals surface area contributed by atoms with Crippen molar-refractivity contribution in [2.24, 2.45) is 5.92 Å². The van der Waals surface area contributed by atoms with Crippen LogP contribution in [0.1, 0.15) is 38.2 Å². The molecule has 2 saturated heterocycles. The quantitative estimate of drug-likeness (QED) is 0.641. The van der Waals surface area contributed by atoms with Gasteiger partial charge in [-0.15, -0.1) is 0 Å². The number of amides is 2. The van der Waals surface area contributed by atoms with Crippen molar-refractivity contribution in [2.75, 3.05) is 32.8 Å². The summed E-state index contributed by atoms with van der Waals surface area (Å²) in [5, 5.41) is 0. The summed E-state index contributed by atoms with van der Waals surface area (Å²) >= 11 is 0. The summed E-state index contributed by atoms with van der Waals surface area (Å²) < 4.78 is 11.9. The molecule has 2 fully saturated rings. The minimum Gasteiger partial charge on any atom is -0.490 e. The summed E-state index contributed by atoms with van der Waals surface area (Å²) in [5.41, 5.74) is 1.02. The van der Waals surface area contributed by atoms with Crippen LogP contribution in [0.5, 0.6) is 11.5 Å². The maximum absolute atomic E-state index is 13.2. The zero-order chi connectivity index (χ0) is 23.0. The maximum atomic E-state index is 13.2. The third kappa shape index (κ3) is 6.06. The molecule has 1 unspecified atom stereocenters. The molecule has 1 atom stereocenters. The van der Waals surface area contributed by atoms with Gasteiger partial charge in [0.25, 0.3) is 0 Å². The van der Waals surface area contributed by atoms with Gasteiger partial charge in [-0.2, -0.15) is 0 Å². The maximum Gasteiger partial charge on any atom is 0.227 e. The van der Waals surface area contributed by atoms with Crippen LogP contribution in [0.3, 0.4) is 0 Å². The Balaban J connectivity index is 1.27. The second kappa shape index (κ2) is 11.2. The highest BCUT2D eigenvalue weighted by molar-refractivity contribution is 5.82. The van der Waals surface area contributed by atoms with Gasteiger partial charge in [0.15, 0.2) is 11.5 Å². The van der Waals surface area contributed by atoms with E-state index in [2.05, 4.69) is 0 Å². The first-order chi connectivity index (χ1) is 16.1. The van der Waals surface area contributed by atoms with E-state index in [1.54, 1.807) is 0 Å². The van der Waals surface area contributed by atoms with E-state index in [0.717, 1.165) is 49.3 Å². The van der Waals surface area contributed by atoms with Gasteiger partial charge in [-0.3, -0.25) is 9.59 Å². The lowest BCUT2D eigenvalue weighted by Crippen LogP contribution is -2.49. The number of piperidine rings is 2. The molecule has 4 rings (SSSR count). The highest BCUT2D eigenvalue weighted by atomic mass is 16.5. The number of para-hydroxylation sites is 2. The van der Waals surface area contributed by atoms with Crippen molar-refractivity contribution in [1.29, 1.82) is 0 Å². The average Bonchev–Trinajstić information content (AvgIpc) is 2.86. The van der Waals surface area contributed by atoms with Gasteiger partial charge >= 0.3 is 0 Å². The summed E-state index contributed by atoms with van der Waals surface area (Å²) in [7, 11) is 0. The molecule has 0 aromatic heterocycles. The molecule has 0 bridgehead atoms. The fourth-order valence-electron chi connectivity index (χ4n) is 4.74. The minimum atomic E-state index is -0.102. The fraction of sp³-hybridized carbons (Fsp3) is 0.481. The van der Waals surface area contributed by atoms with E-state index in [0.29, 0.717) is 32.7 Å². The molecule has 0 N–H and O–H groups in total. The van der Waals surface area contributed by atoms with E-state index in [1.807, 2.05) is 71.3 Å². The Labute approximate surface area is 196 Å². The first-order valence-corrected chi connectivity index (χ1v) is 12.1.